The molecule has 156 valence electrons. The Balaban J connectivity index is 0.00000300. The molecule has 2 aromatic heterocycles. The number of aromatic nitrogens is 4. The zero-order valence-corrected chi connectivity index (χ0v) is 19.4. The second-order valence-corrected chi connectivity index (χ2v) is 6.48. The Labute approximate surface area is 188 Å². The lowest BCUT2D eigenvalue weighted by Gasteiger charge is -2.12. The number of guanidine groups is 1. The van der Waals surface area contributed by atoms with Gasteiger partial charge in [0.25, 0.3) is 0 Å². The molecule has 8 nitrogen and oxygen atoms in total. The number of halogens is 1. The number of benzene rings is 1. The molecule has 0 aliphatic heterocycles. The number of nitrogens with one attached hydrogen (secondary N) is 2. The molecule has 3 aromatic rings. The maximum absolute atomic E-state index is 5.60. The summed E-state index contributed by atoms with van der Waals surface area (Å²) in [6, 6.07) is 8.16. The predicted octanol–water partition coefficient (Wildman–Crippen LogP) is 2.83. The predicted molar refractivity (Wildman–Crippen MR) is 125 cm³/mol. The maximum Gasteiger partial charge on any atom is 0.226 e. The van der Waals surface area contributed by atoms with Crippen LogP contribution in [-0.2, 0) is 19.4 Å². The van der Waals surface area contributed by atoms with Crippen LogP contribution >= 0.6 is 24.0 Å². The highest BCUT2D eigenvalue weighted by Gasteiger charge is 2.07. The smallest absolute Gasteiger partial charge is 0.226 e. The van der Waals surface area contributed by atoms with Crippen LogP contribution in [0, 0.1) is 6.92 Å². The third-order valence-corrected chi connectivity index (χ3v) is 4.40. The van der Waals surface area contributed by atoms with E-state index in [9.17, 15) is 0 Å². The Morgan fingerprint density at radius 3 is 2.66 bits per heavy atom. The summed E-state index contributed by atoms with van der Waals surface area (Å²) in [4.78, 5) is 8.82. The van der Waals surface area contributed by atoms with Crippen molar-refractivity contribution in [3.63, 3.8) is 0 Å². The third-order valence-electron chi connectivity index (χ3n) is 4.40. The zero-order chi connectivity index (χ0) is 19.8. The highest BCUT2D eigenvalue weighted by atomic mass is 127. The largest absolute Gasteiger partial charge is 0.444 e. The van der Waals surface area contributed by atoms with Crippen molar-refractivity contribution in [1.82, 2.24) is 30.4 Å². The molecular formula is C20H28IN7O. The molecular weight excluding hydrogens is 481 g/mol. The van der Waals surface area contributed by atoms with Crippen LogP contribution in [-0.4, -0.2) is 45.8 Å². The molecule has 0 aliphatic carbocycles. The van der Waals surface area contributed by atoms with Crippen LogP contribution in [0.25, 0.3) is 11.5 Å². The highest BCUT2D eigenvalue weighted by Crippen LogP contribution is 2.19. The SMILES string of the molecule is CCc1nncn1CCNC(=NC)NCCc1coc(-c2ccc(C)cc2)n1.I. The van der Waals surface area contributed by atoms with Gasteiger partial charge in [0.2, 0.25) is 5.89 Å². The Morgan fingerprint density at radius 1 is 1.17 bits per heavy atom. The number of aliphatic imine (C=N–C) groups is 1. The first-order valence-electron chi connectivity index (χ1n) is 9.52. The standard InChI is InChI=1S/C20H27N7O.HI/c1-4-18-26-24-14-27(18)12-11-23-20(21-3)22-10-9-17-13-28-19(25-17)16-7-5-15(2)6-8-16;/h5-8,13-14H,4,9-12H2,1-3H3,(H2,21,22,23);1H. The fraction of sp³-hybridized carbons (Fsp3) is 0.400. The minimum atomic E-state index is 0. The minimum absolute atomic E-state index is 0. The summed E-state index contributed by atoms with van der Waals surface area (Å²) >= 11 is 0. The van der Waals surface area contributed by atoms with Gasteiger partial charge in [-0.15, -0.1) is 34.2 Å². The van der Waals surface area contributed by atoms with E-state index in [0.717, 1.165) is 49.0 Å². The van der Waals surface area contributed by atoms with E-state index in [1.807, 2.05) is 16.7 Å². The zero-order valence-electron chi connectivity index (χ0n) is 17.1. The minimum Gasteiger partial charge on any atom is -0.444 e. The summed E-state index contributed by atoms with van der Waals surface area (Å²) in [6.07, 6.45) is 5.09. The fourth-order valence-corrected chi connectivity index (χ4v) is 2.81. The number of rotatable bonds is 8. The van der Waals surface area contributed by atoms with Crippen molar-refractivity contribution < 1.29 is 4.42 Å². The van der Waals surface area contributed by atoms with Gasteiger partial charge in [-0.25, -0.2) is 4.98 Å². The van der Waals surface area contributed by atoms with Crippen molar-refractivity contribution in [3.05, 3.63) is 53.9 Å². The van der Waals surface area contributed by atoms with Crippen molar-refractivity contribution in [1.29, 1.82) is 0 Å². The number of nitrogens with zero attached hydrogens (tertiary/aromatic N) is 5. The summed E-state index contributed by atoms with van der Waals surface area (Å²) in [5, 5.41) is 14.6. The van der Waals surface area contributed by atoms with Crippen LogP contribution < -0.4 is 10.6 Å². The van der Waals surface area contributed by atoms with Gasteiger partial charge in [0.1, 0.15) is 18.4 Å². The average Bonchev–Trinajstić information content (AvgIpc) is 3.36. The Bertz CT molecular complexity index is 902. The number of aryl methyl sites for hydroxylation is 2. The summed E-state index contributed by atoms with van der Waals surface area (Å²) < 4.78 is 7.65. The van der Waals surface area contributed by atoms with Crippen LogP contribution in [0.4, 0.5) is 0 Å². The fourth-order valence-electron chi connectivity index (χ4n) is 2.81. The molecule has 1 aromatic carbocycles. The van der Waals surface area contributed by atoms with Crippen LogP contribution in [0.3, 0.4) is 0 Å². The summed E-state index contributed by atoms with van der Waals surface area (Å²) in [6.45, 7) is 6.38. The second-order valence-electron chi connectivity index (χ2n) is 6.48. The van der Waals surface area contributed by atoms with E-state index in [-0.39, 0.29) is 24.0 Å². The van der Waals surface area contributed by atoms with Crippen molar-refractivity contribution in [2.24, 2.45) is 4.99 Å². The second kappa shape index (κ2) is 11.5. The van der Waals surface area contributed by atoms with Crippen LogP contribution in [0.2, 0.25) is 0 Å². The van der Waals surface area contributed by atoms with Gasteiger partial charge in [0, 0.05) is 45.1 Å². The Morgan fingerprint density at radius 2 is 1.93 bits per heavy atom. The van der Waals surface area contributed by atoms with E-state index in [4.69, 9.17) is 4.42 Å². The lowest BCUT2D eigenvalue weighted by molar-refractivity contribution is 0.572. The Hall–Kier alpha value is -2.43. The summed E-state index contributed by atoms with van der Waals surface area (Å²) in [7, 11) is 1.76. The van der Waals surface area contributed by atoms with Crippen LogP contribution in [0.5, 0.6) is 0 Å². The molecule has 0 amide bonds. The first-order chi connectivity index (χ1) is 13.7. The van der Waals surface area contributed by atoms with Crippen LogP contribution in [0.1, 0.15) is 24.0 Å². The van der Waals surface area contributed by atoms with Gasteiger partial charge in [0.15, 0.2) is 5.96 Å². The van der Waals surface area contributed by atoms with Gasteiger partial charge in [0.05, 0.1) is 5.69 Å². The molecule has 2 heterocycles. The van der Waals surface area contributed by atoms with E-state index < -0.39 is 0 Å². The van der Waals surface area contributed by atoms with Gasteiger partial charge in [-0.3, -0.25) is 4.99 Å². The molecule has 29 heavy (non-hydrogen) atoms. The van der Waals surface area contributed by atoms with E-state index in [1.54, 1.807) is 19.6 Å². The lowest BCUT2D eigenvalue weighted by atomic mass is 10.1. The molecule has 0 radical (unpaired) electrons. The van der Waals surface area contributed by atoms with Crippen molar-refractivity contribution in [2.45, 2.75) is 33.2 Å². The molecule has 9 heteroatoms. The number of hydrogen-bond donors (Lipinski definition) is 2. The first-order valence-corrected chi connectivity index (χ1v) is 9.52. The molecule has 0 saturated carbocycles. The van der Waals surface area contributed by atoms with Crippen molar-refractivity contribution in [3.8, 4) is 11.5 Å². The summed E-state index contributed by atoms with van der Waals surface area (Å²) in [5.74, 6) is 2.40. The number of oxazole rings is 1. The molecule has 0 aliphatic rings. The lowest BCUT2D eigenvalue weighted by Crippen LogP contribution is -2.39. The molecule has 0 atom stereocenters. The molecule has 2 N–H and O–H groups in total. The Kier molecular flexibility index (Phi) is 9.10. The molecule has 0 saturated heterocycles. The highest BCUT2D eigenvalue weighted by molar-refractivity contribution is 14.0. The van der Waals surface area contributed by atoms with Gasteiger partial charge >= 0.3 is 0 Å². The normalized spacial score (nSPS) is 11.2. The molecule has 0 bridgehead atoms. The van der Waals surface area contributed by atoms with Gasteiger partial charge < -0.3 is 19.6 Å². The maximum atomic E-state index is 5.60. The first kappa shape index (κ1) is 22.9. The average molecular weight is 509 g/mol. The van der Waals surface area contributed by atoms with Gasteiger partial charge in [-0.1, -0.05) is 24.6 Å². The topological polar surface area (TPSA) is 93.2 Å². The molecule has 0 fully saturated rings. The van der Waals surface area contributed by atoms with E-state index in [0.29, 0.717) is 12.4 Å². The van der Waals surface area contributed by atoms with E-state index >= 15 is 0 Å². The quantitative estimate of drug-likeness (QED) is 0.276. The summed E-state index contributed by atoms with van der Waals surface area (Å²) in [5.41, 5.74) is 3.12. The monoisotopic (exact) mass is 509 g/mol. The number of hydrogen-bond acceptors (Lipinski definition) is 5. The van der Waals surface area contributed by atoms with E-state index in [2.05, 4.69) is 56.8 Å². The third kappa shape index (κ3) is 6.55. The van der Waals surface area contributed by atoms with Gasteiger partial charge in [-0.2, -0.15) is 0 Å². The molecule has 0 spiro atoms. The van der Waals surface area contributed by atoms with Crippen molar-refractivity contribution >= 4 is 29.9 Å². The molecule has 0 unspecified atom stereocenters. The van der Waals surface area contributed by atoms with Crippen LogP contribution in [0.15, 0.2) is 46.3 Å². The molecule has 3 rings (SSSR count). The van der Waals surface area contributed by atoms with E-state index in [1.165, 1.54) is 5.56 Å². The van der Waals surface area contributed by atoms with Crippen molar-refractivity contribution in [2.75, 3.05) is 20.1 Å². The van der Waals surface area contributed by atoms with Gasteiger partial charge in [-0.05, 0) is 19.1 Å².